The van der Waals surface area contributed by atoms with Gasteiger partial charge in [0.2, 0.25) is 5.95 Å². The van der Waals surface area contributed by atoms with Gasteiger partial charge in [-0.15, -0.1) is 11.3 Å². The molecular weight excluding hydrogens is 567 g/mol. The summed E-state index contributed by atoms with van der Waals surface area (Å²) >= 11 is 1.54. The number of pyridine rings is 1. The van der Waals surface area contributed by atoms with Gasteiger partial charge in [0.05, 0.1) is 6.54 Å². The molecule has 2 aromatic carbocycles. The number of fused-ring (bicyclic) bond motifs is 1. The molecule has 1 fully saturated rings. The molecule has 1 aliphatic rings. The third kappa shape index (κ3) is 5.59. The highest BCUT2D eigenvalue weighted by Crippen LogP contribution is 2.28. The highest BCUT2D eigenvalue weighted by atomic mass is 32.1. The second-order valence-corrected chi connectivity index (χ2v) is 12.2. The second kappa shape index (κ2) is 12.0. The molecule has 0 saturated carbocycles. The van der Waals surface area contributed by atoms with Gasteiger partial charge >= 0.3 is 0 Å². The molecule has 0 spiro atoms. The van der Waals surface area contributed by atoms with Crippen molar-refractivity contribution in [3.8, 4) is 5.13 Å². The Hall–Kier alpha value is -4.86. The van der Waals surface area contributed by atoms with Crippen LogP contribution >= 0.6 is 11.3 Å². The Morgan fingerprint density at radius 1 is 1.07 bits per heavy atom. The maximum absolute atomic E-state index is 14.2. The second-order valence-electron chi connectivity index (χ2n) is 11.3. The van der Waals surface area contributed by atoms with Crippen LogP contribution in [-0.2, 0) is 6.54 Å². The summed E-state index contributed by atoms with van der Waals surface area (Å²) < 4.78 is 3.72. The molecular formula is C35H33N7OS. The average Bonchev–Trinajstić information content (AvgIpc) is 3.75. The first kappa shape index (κ1) is 27.9. The predicted molar refractivity (Wildman–Crippen MR) is 178 cm³/mol. The van der Waals surface area contributed by atoms with Crippen molar-refractivity contribution in [3.63, 3.8) is 0 Å². The quantitative estimate of drug-likeness (QED) is 0.210. The average molecular weight is 600 g/mol. The van der Waals surface area contributed by atoms with Crippen molar-refractivity contribution < 1.29 is 0 Å². The number of rotatable bonds is 8. The maximum atomic E-state index is 14.2. The van der Waals surface area contributed by atoms with Crippen LogP contribution in [0.1, 0.15) is 41.1 Å². The lowest BCUT2D eigenvalue weighted by molar-refractivity contribution is 0.251. The lowest BCUT2D eigenvalue weighted by Crippen LogP contribution is -2.30. The molecule has 1 aliphatic heterocycles. The van der Waals surface area contributed by atoms with E-state index in [9.17, 15) is 4.79 Å². The molecule has 0 aliphatic carbocycles. The molecule has 0 bridgehead atoms. The fourth-order valence-electron chi connectivity index (χ4n) is 6.01. The number of aromatic nitrogens is 5. The van der Waals surface area contributed by atoms with Crippen molar-refractivity contribution in [2.75, 3.05) is 25.5 Å². The summed E-state index contributed by atoms with van der Waals surface area (Å²) in [6, 6.07) is 24.1. The summed E-state index contributed by atoms with van der Waals surface area (Å²) in [6.07, 6.45) is 7.95. The number of piperidine rings is 1. The van der Waals surface area contributed by atoms with Gasteiger partial charge in [-0.25, -0.2) is 9.97 Å². The van der Waals surface area contributed by atoms with E-state index in [-0.39, 0.29) is 5.56 Å². The number of nitrogens with one attached hydrogen (secondary N) is 1. The number of nitrogens with zero attached hydrogens (tertiary/aromatic N) is 6. The van der Waals surface area contributed by atoms with Gasteiger partial charge in [0.25, 0.3) is 5.56 Å². The van der Waals surface area contributed by atoms with Gasteiger partial charge in [-0.1, -0.05) is 49.0 Å². The summed E-state index contributed by atoms with van der Waals surface area (Å²) in [4.78, 5) is 30.6. The molecule has 4 aromatic heterocycles. The van der Waals surface area contributed by atoms with Crippen LogP contribution < -0.4 is 10.9 Å². The predicted octanol–water partition coefficient (Wildman–Crippen LogP) is 6.70. The molecule has 5 heterocycles. The number of anilines is 2. The first-order valence-corrected chi connectivity index (χ1v) is 15.7. The number of likely N-dealkylation sites (N-methyl/N-ethyl adjacent to an activating group) is 1. The Morgan fingerprint density at radius 2 is 1.91 bits per heavy atom. The number of hydrogen-bond acceptors (Lipinski definition) is 7. The molecule has 0 amide bonds. The Balaban J connectivity index is 1.26. The maximum Gasteiger partial charge on any atom is 0.260 e. The normalized spacial score (nSPS) is 15.4. The fourth-order valence-corrected chi connectivity index (χ4v) is 6.67. The zero-order chi connectivity index (χ0) is 30.0. The minimum Gasteiger partial charge on any atom is -0.324 e. The van der Waals surface area contributed by atoms with Crippen LogP contribution in [-0.4, -0.2) is 49.1 Å². The molecule has 0 radical (unpaired) electrons. The fraction of sp³-hybridized carbons (Fsp3) is 0.200. The van der Waals surface area contributed by atoms with E-state index in [1.165, 1.54) is 24.9 Å². The number of thiazole rings is 1. The summed E-state index contributed by atoms with van der Waals surface area (Å²) in [5, 5.41) is 6.90. The van der Waals surface area contributed by atoms with Crippen LogP contribution in [0, 0.1) is 0 Å². The highest BCUT2D eigenvalue weighted by Gasteiger charge is 2.20. The summed E-state index contributed by atoms with van der Waals surface area (Å²) in [6.45, 7) is 6.85. The molecule has 9 heteroatoms. The minimum absolute atomic E-state index is 0.162. The van der Waals surface area contributed by atoms with Crippen molar-refractivity contribution in [1.82, 2.24) is 29.0 Å². The summed E-state index contributed by atoms with van der Waals surface area (Å²) in [7, 11) is 2.19. The molecule has 1 unspecified atom stereocenters. The van der Waals surface area contributed by atoms with Gasteiger partial charge in [-0.05, 0) is 79.4 Å². The van der Waals surface area contributed by atoms with E-state index in [0.29, 0.717) is 35.2 Å². The van der Waals surface area contributed by atoms with Crippen molar-refractivity contribution in [3.05, 3.63) is 136 Å². The summed E-state index contributed by atoms with van der Waals surface area (Å²) in [5.41, 5.74) is 5.63. The Kier molecular flexibility index (Phi) is 7.64. The van der Waals surface area contributed by atoms with Crippen LogP contribution in [0.3, 0.4) is 0 Å². The topological polar surface area (TPSA) is 80.9 Å². The zero-order valence-corrected chi connectivity index (χ0v) is 25.4. The van der Waals surface area contributed by atoms with Crippen molar-refractivity contribution in [2.24, 2.45) is 0 Å². The van der Waals surface area contributed by atoms with Gasteiger partial charge in [-0.3, -0.25) is 13.9 Å². The van der Waals surface area contributed by atoms with Gasteiger partial charge in [-0.2, -0.15) is 4.98 Å². The molecule has 1 N–H and O–H groups in total. The van der Waals surface area contributed by atoms with Crippen LogP contribution in [0.15, 0.2) is 108 Å². The molecule has 7 rings (SSSR count). The molecule has 8 nitrogen and oxygen atoms in total. The summed E-state index contributed by atoms with van der Waals surface area (Å²) in [5.74, 6) is 0.984. The number of benzene rings is 2. The van der Waals surface area contributed by atoms with Crippen molar-refractivity contribution in [2.45, 2.75) is 25.3 Å². The largest absolute Gasteiger partial charge is 0.324 e. The molecule has 1 saturated heterocycles. The van der Waals surface area contributed by atoms with Crippen molar-refractivity contribution in [1.29, 1.82) is 0 Å². The van der Waals surface area contributed by atoms with E-state index < -0.39 is 0 Å². The monoisotopic (exact) mass is 599 g/mol. The minimum atomic E-state index is -0.162. The molecule has 220 valence electrons. The van der Waals surface area contributed by atoms with E-state index in [0.717, 1.165) is 34.0 Å². The zero-order valence-electron chi connectivity index (χ0n) is 24.6. The number of hydrogen-bond donors (Lipinski definition) is 1. The SMILES string of the molecule is C=C(c1ccccc1)c1cc2cnc(Nc3ccc(C4CCCN(C)C4)cc3)nc2n(Cc2cccn2-c2nccs2)c1=O. The van der Waals surface area contributed by atoms with Crippen molar-refractivity contribution >= 4 is 39.6 Å². The van der Waals surface area contributed by atoms with E-state index in [4.69, 9.17) is 4.98 Å². The van der Waals surface area contributed by atoms with Gasteiger partial charge in [0.15, 0.2) is 5.13 Å². The Morgan fingerprint density at radius 3 is 2.68 bits per heavy atom. The first-order chi connectivity index (χ1) is 21.5. The molecule has 6 aromatic rings. The van der Waals surface area contributed by atoms with E-state index >= 15 is 0 Å². The van der Waals surface area contributed by atoms with E-state index in [1.807, 2.05) is 64.7 Å². The molecule has 1 atom stereocenters. The third-order valence-electron chi connectivity index (χ3n) is 8.32. The van der Waals surface area contributed by atoms with Gasteiger partial charge in [0.1, 0.15) is 5.65 Å². The van der Waals surface area contributed by atoms with E-state index in [1.54, 1.807) is 28.3 Å². The van der Waals surface area contributed by atoms with Crippen LogP contribution in [0.5, 0.6) is 0 Å². The van der Waals surface area contributed by atoms with Gasteiger partial charge < -0.3 is 10.2 Å². The lowest BCUT2D eigenvalue weighted by atomic mass is 9.91. The van der Waals surface area contributed by atoms with Crippen LogP contribution in [0.25, 0.3) is 21.7 Å². The third-order valence-corrected chi connectivity index (χ3v) is 9.09. The lowest BCUT2D eigenvalue weighted by Gasteiger charge is -2.30. The van der Waals surface area contributed by atoms with Gasteiger partial charge in [0, 0.05) is 52.8 Å². The Bertz CT molecular complexity index is 1980. The number of likely N-dealkylation sites (tertiary alicyclic amines) is 1. The Labute approximate surface area is 260 Å². The molecule has 44 heavy (non-hydrogen) atoms. The smallest absolute Gasteiger partial charge is 0.260 e. The van der Waals surface area contributed by atoms with Crippen LogP contribution in [0.2, 0.25) is 0 Å². The highest BCUT2D eigenvalue weighted by molar-refractivity contribution is 7.12. The first-order valence-electron chi connectivity index (χ1n) is 14.8. The standard InChI is InChI=1S/C35H33N7OS/c1-24(25-8-4-3-5-9-25)31-20-28-21-37-34(38-29-14-12-26(13-15-29)27-10-6-17-40(2)22-27)39-32(28)42(33(31)43)23-30-11-7-18-41(30)35-36-16-19-44-35/h3-5,7-9,11-16,18-21,27H,1,6,10,17,22-23H2,2H3,(H,37,38,39). The van der Waals surface area contributed by atoms with Crippen LogP contribution in [0.4, 0.5) is 11.6 Å². The van der Waals surface area contributed by atoms with E-state index in [2.05, 4.69) is 58.1 Å².